The smallest absolute Gasteiger partial charge is 0.262 e. The number of fused-ring (bicyclic) bond motifs is 1. The highest BCUT2D eigenvalue weighted by Gasteiger charge is 2.27. The Morgan fingerprint density at radius 1 is 0.972 bits per heavy atom. The van der Waals surface area contributed by atoms with E-state index < -0.39 is 0 Å². The van der Waals surface area contributed by atoms with Crippen molar-refractivity contribution in [2.45, 2.75) is 84.1 Å². The normalized spacial score (nSPS) is 19.6. The molecule has 1 aromatic heterocycles. The van der Waals surface area contributed by atoms with Crippen LogP contribution in [0.5, 0.6) is 5.75 Å². The quantitative estimate of drug-likeness (QED) is 0.351. The molecule has 1 saturated carbocycles. The molecule has 2 aromatic carbocycles. The van der Waals surface area contributed by atoms with Crippen molar-refractivity contribution in [2.75, 3.05) is 20.2 Å². The third-order valence-corrected chi connectivity index (χ3v) is 8.85. The molecule has 5 rings (SSSR count). The van der Waals surface area contributed by atoms with E-state index in [0.717, 1.165) is 58.4 Å². The van der Waals surface area contributed by atoms with E-state index in [1.807, 2.05) is 47.9 Å². The predicted octanol–water partition coefficient (Wildman–Crippen LogP) is 7.32. The fourth-order valence-electron chi connectivity index (χ4n) is 6.78. The Hall–Kier alpha value is -2.59. The minimum Gasteiger partial charge on any atom is -0.497 e. The maximum Gasteiger partial charge on any atom is 0.262 e. The lowest BCUT2D eigenvalue weighted by Gasteiger charge is -2.38. The first-order valence-corrected chi connectivity index (χ1v) is 14.1. The van der Waals surface area contributed by atoms with Crippen LogP contribution in [0.1, 0.15) is 85.0 Å². The van der Waals surface area contributed by atoms with Crippen LogP contribution in [0.4, 0.5) is 0 Å². The number of piperidine rings is 1. The van der Waals surface area contributed by atoms with Crippen molar-refractivity contribution in [3.63, 3.8) is 0 Å². The van der Waals surface area contributed by atoms with Crippen LogP contribution in [0, 0.1) is 19.8 Å². The standard InChI is InChI=1S/C32H42N2O2/c1-23-11-7-8-15-28(23)32(35)34-24(2)29(30-22-27(36-3)16-17-31(30)34)18-20-33-19-10-9-14-26(33)21-25-12-5-4-6-13-25/h7-8,11,15-17,22,25-26H,4-6,9-10,12-14,18-21H2,1-3H3. The number of carbonyl (C=O) groups excluding carboxylic acids is 1. The molecule has 1 saturated heterocycles. The van der Waals surface area contributed by atoms with Gasteiger partial charge < -0.3 is 9.64 Å². The van der Waals surface area contributed by atoms with Crippen LogP contribution in [0.2, 0.25) is 0 Å². The molecule has 3 aromatic rings. The van der Waals surface area contributed by atoms with Crippen LogP contribution in [0.25, 0.3) is 10.9 Å². The minimum atomic E-state index is 0.0557. The number of nitrogens with zero attached hydrogens (tertiary/aromatic N) is 2. The Morgan fingerprint density at radius 3 is 2.53 bits per heavy atom. The average molecular weight is 487 g/mol. The van der Waals surface area contributed by atoms with Crippen LogP contribution in [0.15, 0.2) is 42.5 Å². The van der Waals surface area contributed by atoms with Crippen molar-refractivity contribution >= 4 is 16.8 Å². The number of likely N-dealkylation sites (tertiary alicyclic amines) is 1. The monoisotopic (exact) mass is 486 g/mol. The lowest BCUT2D eigenvalue weighted by Crippen LogP contribution is -2.42. The zero-order valence-corrected chi connectivity index (χ0v) is 22.4. The Kier molecular flexibility index (Phi) is 7.81. The molecule has 192 valence electrons. The topological polar surface area (TPSA) is 34.5 Å². The summed E-state index contributed by atoms with van der Waals surface area (Å²) >= 11 is 0. The molecule has 0 amide bonds. The number of rotatable bonds is 7. The molecule has 2 fully saturated rings. The summed E-state index contributed by atoms with van der Waals surface area (Å²) in [4.78, 5) is 16.5. The second-order valence-electron chi connectivity index (χ2n) is 11.1. The lowest BCUT2D eigenvalue weighted by atomic mass is 9.82. The van der Waals surface area contributed by atoms with Gasteiger partial charge in [0, 0.05) is 29.2 Å². The van der Waals surface area contributed by atoms with Crippen molar-refractivity contribution in [3.8, 4) is 5.75 Å². The summed E-state index contributed by atoms with van der Waals surface area (Å²) in [5, 5.41) is 1.15. The maximum atomic E-state index is 13.8. The molecule has 2 heterocycles. The van der Waals surface area contributed by atoms with Crippen molar-refractivity contribution in [1.82, 2.24) is 9.47 Å². The summed E-state index contributed by atoms with van der Waals surface area (Å²) in [7, 11) is 1.72. The summed E-state index contributed by atoms with van der Waals surface area (Å²) in [6.45, 7) is 6.41. The molecule has 4 heteroatoms. The first-order valence-electron chi connectivity index (χ1n) is 14.1. The largest absolute Gasteiger partial charge is 0.497 e. The van der Waals surface area contributed by atoms with Crippen LogP contribution >= 0.6 is 0 Å². The zero-order chi connectivity index (χ0) is 25.1. The van der Waals surface area contributed by atoms with E-state index in [2.05, 4.69) is 17.9 Å². The molecular formula is C32H42N2O2. The van der Waals surface area contributed by atoms with Gasteiger partial charge in [-0.15, -0.1) is 0 Å². The molecule has 1 atom stereocenters. The first kappa shape index (κ1) is 25.1. The van der Waals surface area contributed by atoms with Crippen LogP contribution in [-0.2, 0) is 6.42 Å². The van der Waals surface area contributed by atoms with Gasteiger partial charge in [-0.25, -0.2) is 0 Å². The van der Waals surface area contributed by atoms with Gasteiger partial charge in [0.1, 0.15) is 5.75 Å². The third kappa shape index (κ3) is 5.11. The van der Waals surface area contributed by atoms with E-state index in [1.54, 1.807) is 7.11 Å². The number of aryl methyl sites for hydroxylation is 1. The summed E-state index contributed by atoms with van der Waals surface area (Å²) in [6, 6.07) is 14.8. The van der Waals surface area contributed by atoms with Gasteiger partial charge in [-0.05, 0) is 87.4 Å². The molecule has 1 aliphatic heterocycles. The molecule has 4 nitrogen and oxygen atoms in total. The third-order valence-electron chi connectivity index (χ3n) is 8.85. The van der Waals surface area contributed by atoms with Crippen molar-refractivity contribution in [2.24, 2.45) is 5.92 Å². The second kappa shape index (κ2) is 11.2. The Balaban J connectivity index is 1.43. The van der Waals surface area contributed by atoms with Gasteiger partial charge in [0.15, 0.2) is 0 Å². The van der Waals surface area contributed by atoms with E-state index in [-0.39, 0.29) is 5.91 Å². The zero-order valence-electron chi connectivity index (χ0n) is 22.4. The van der Waals surface area contributed by atoms with Gasteiger partial charge in [-0.1, -0.05) is 56.7 Å². The van der Waals surface area contributed by atoms with Gasteiger partial charge in [-0.2, -0.15) is 0 Å². The Labute approximate surface area is 216 Å². The predicted molar refractivity (Wildman–Crippen MR) is 148 cm³/mol. The molecule has 1 aliphatic carbocycles. The SMILES string of the molecule is COc1ccc2c(c1)c(CCN1CCCCC1CC1CCCCC1)c(C)n2C(=O)c1ccccc1C. The molecule has 2 aliphatic rings. The van der Waals surface area contributed by atoms with E-state index in [4.69, 9.17) is 4.74 Å². The molecule has 36 heavy (non-hydrogen) atoms. The van der Waals surface area contributed by atoms with E-state index in [0.29, 0.717) is 0 Å². The summed E-state index contributed by atoms with van der Waals surface area (Å²) in [5.74, 6) is 1.82. The highest BCUT2D eigenvalue weighted by atomic mass is 16.5. The van der Waals surface area contributed by atoms with Crippen molar-refractivity contribution < 1.29 is 9.53 Å². The van der Waals surface area contributed by atoms with Gasteiger partial charge in [0.2, 0.25) is 0 Å². The highest BCUT2D eigenvalue weighted by Crippen LogP contribution is 2.34. The number of aromatic nitrogens is 1. The highest BCUT2D eigenvalue weighted by molar-refractivity contribution is 6.05. The first-order chi connectivity index (χ1) is 17.6. The van der Waals surface area contributed by atoms with Crippen LogP contribution in [0.3, 0.4) is 0 Å². The van der Waals surface area contributed by atoms with E-state index in [9.17, 15) is 4.79 Å². The molecule has 0 bridgehead atoms. The van der Waals surface area contributed by atoms with Crippen LogP contribution in [-0.4, -0.2) is 41.6 Å². The number of carbonyl (C=O) groups is 1. The van der Waals surface area contributed by atoms with Crippen molar-refractivity contribution in [1.29, 1.82) is 0 Å². The average Bonchev–Trinajstić information content (AvgIpc) is 3.18. The van der Waals surface area contributed by atoms with Crippen molar-refractivity contribution in [3.05, 3.63) is 64.8 Å². The number of ether oxygens (including phenoxy) is 1. The molecule has 1 unspecified atom stereocenters. The maximum absolute atomic E-state index is 13.8. The number of methoxy groups -OCH3 is 1. The summed E-state index contributed by atoms with van der Waals surface area (Å²) < 4.78 is 7.51. The molecular weight excluding hydrogens is 444 g/mol. The minimum absolute atomic E-state index is 0.0557. The molecule has 0 N–H and O–H groups in total. The van der Waals surface area contributed by atoms with Gasteiger partial charge >= 0.3 is 0 Å². The fraction of sp³-hybridized carbons (Fsp3) is 0.531. The van der Waals surface area contributed by atoms with E-state index in [1.165, 1.54) is 69.9 Å². The van der Waals surface area contributed by atoms with Gasteiger partial charge in [0.05, 0.1) is 12.6 Å². The number of hydrogen-bond acceptors (Lipinski definition) is 3. The van der Waals surface area contributed by atoms with E-state index >= 15 is 0 Å². The van der Waals surface area contributed by atoms with Gasteiger partial charge in [0.25, 0.3) is 5.91 Å². The fourth-order valence-corrected chi connectivity index (χ4v) is 6.78. The summed E-state index contributed by atoms with van der Waals surface area (Å²) in [6.07, 6.45) is 13.5. The lowest BCUT2D eigenvalue weighted by molar-refractivity contribution is 0.0962. The van der Waals surface area contributed by atoms with Crippen LogP contribution < -0.4 is 4.74 Å². The Bertz CT molecular complexity index is 1200. The summed E-state index contributed by atoms with van der Waals surface area (Å²) in [5.41, 5.74) is 5.11. The number of hydrogen-bond donors (Lipinski definition) is 0. The number of benzene rings is 2. The Morgan fingerprint density at radius 2 is 1.75 bits per heavy atom. The second-order valence-corrected chi connectivity index (χ2v) is 11.1. The molecule has 0 radical (unpaired) electrons. The van der Waals surface area contributed by atoms with Gasteiger partial charge in [-0.3, -0.25) is 9.36 Å². The molecule has 0 spiro atoms.